The zero-order valence-corrected chi connectivity index (χ0v) is 18.5. The number of thioether (sulfide) groups is 1. The van der Waals surface area contributed by atoms with Crippen LogP contribution < -0.4 is 5.32 Å². The minimum atomic E-state index is -1.04. The quantitative estimate of drug-likeness (QED) is 0.254. The first-order chi connectivity index (χ1) is 15.0. The Labute approximate surface area is 185 Å². The molecule has 0 bridgehead atoms. The first kappa shape index (κ1) is 23.2. The summed E-state index contributed by atoms with van der Waals surface area (Å²) in [6, 6.07) is 6.82. The molecule has 8 heteroatoms. The molecule has 31 heavy (non-hydrogen) atoms. The molecule has 0 saturated carbocycles. The second-order valence-corrected chi connectivity index (χ2v) is 8.98. The molecule has 1 aromatic heterocycles. The van der Waals surface area contributed by atoms with Crippen molar-refractivity contribution < 1.29 is 28.3 Å². The first-order valence-corrected chi connectivity index (χ1v) is 11.4. The Bertz CT molecular complexity index is 964. The van der Waals surface area contributed by atoms with E-state index in [0.717, 1.165) is 23.6 Å². The number of fused-ring (bicyclic) bond motifs is 1. The summed E-state index contributed by atoms with van der Waals surface area (Å²) < 4.78 is 9.67. The summed E-state index contributed by atoms with van der Waals surface area (Å²) in [4.78, 5) is 50.0. The summed E-state index contributed by atoms with van der Waals surface area (Å²) in [5.74, 6) is -2.20. The number of benzene rings is 1. The SMILES string of the molecule is CCC(C(=O)OC(=O)[C@@H]1CCCN1)C(CC)(CC(=O)c1occ2ccccc12)SC=O. The van der Waals surface area contributed by atoms with E-state index in [1.807, 2.05) is 25.1 Å². The normalized spacial score (nSPS) is 19.0. The molecular formula is C23H27NO6S. The van der Waals surface area contributed by atoms with Gasteiger partial charge in [0, 0.05) is 21.9 Å². The monoisotopic (exact) mass is 445 g/mol. The van der Waals surface area contributed by atoms with Crippen molar-refractivity contribution in [1.82, 2.24) is 5.32 Å². The molecule has 1 N–H and O–H groups in total. The van der Waals surface area contributed by atoms with Crippen LogP contribution in [0.4, 0.5) is 0 Å². The molecule has 1 aliphatic heterocycles. The number of ketones is 1. The van der Waals surface area contributed by atoms with E-state index in [9.17, 15) is 19.2 Å². The number of carbonyl (C=O) groups excluding carboxylic acids is 4. The number of carbonyl (C=O) groups is 4. The molecule has 0 spiro atoms. The van der Waals surface area contributed by atoms with Crippen LogP contribution in [0.1, 0.15) is 56.5 Å². The number of hydrogen-bond acceptors (Lipinski definition) is 8. The van der Waals surface area contributed by atoms with E-state index in [0.29, 0.717) is 36.8 Å². The van der Waals surface area contributed by atoms with Crippen LogP contribution in [0.25, 0.3) is 10.8 Å². The summed E-state index contributed by atoms with van der Waals surface area (Å²) in [6.07, 6.45) is 3.58. The zero-order chi connectivity index (χ0) is 22.4. The highest BCUT2D eigenvalue weighted by Crippen LogP contribution is 2.42. The van der Waals surface area contributed by atoms with Crippen LogP contribution in [0.5, 0.6) is 0 Å². The van der Waals surface area contributed by atoms with E-state index in [2.05, 4.69) is 5.32 Å². The van der Waals surface area contributed by atoms with Gasteiger partial charge in [0.25, 0.3) is 0 Å². The molecule has 2 unspecified atom stereocenters. The fraction of sp³-hybridized carbons (Fsp3) is 0.478. The molecule has 1 fully saturated rings. The maximum Gasteiger partial charge on any atom is 0.330 e. The maximum absolute atomic E-state index is 13.2. The second kappa shape index (κ2) is 10.2. The van der Waals surface area contributed by atoms with E-state index in [4.69, 9.17) is 9.15 Å². The lowest BCUT2D eigenvalue weighted by molar-refractivity contribution is -0.164. The van der Waals surface area contributed by atoms with Crippen molar-refractivity contribution in [2.45, 2.75) is 56.7 Å². The largest absolute Gasteiger partial charge is 0.460 e. The molecule has 0 amide bonds. The summed E-state index contributed by atoms with van der Waals surface area (Å²) in [5.41, 5.74) is 0.646. The van der Waals surface area contributed by atoms with E-state index >= 15 is 0 Å². The smallest absolute Gasteiger partial charge is 0.330 e. The van der Waals surface area contributed by atoms with Gasteiger partial charge in [-0.05, 0) is 32.2 Å². The topological polar surface area (TPSA) is 103 Å². The lowest BCUT2D eigenvalue weighted by Gasteiger charge is -2.35. The predicted octanol–water partition coefficient (Wildman–Crippen LogP) is 3.93. The Balaban J connectivity index is 1.84. The van der Waals surface area contributed by atoms with Gasteiger partial charge in [0.05, 0.1) is 12.2 Å². The minimum Gasteiger partial charge on any atom is -0.460 e. The Morgan fingerprint density at radius 2 is 2.10 bits per heavy atom. The van der Waals surface area contributed by atoms with Gasteiger partial charge in [0.15, 0.2) is 17.2 Å². The lowest BCUT2D eigenvalue weighted by Crippen LogP contribution is -2.44. The molecule has 1 aromatic carbocycles. The van der Waals surface area contributed by atoms with Crippen LogP contribution in [0.2, 0.25) is 0 Å². The third-order valence-electron chi connectivity index (χ3n) is 5.98. The Morgan fingerprint density at radius 1 is 1.32 bits per heavy atom. The summed E-state index contributed by atoms with van der Waals surface area (Å²) in [6.45, 7) is 4.31. The van der Waals surface area contributed by atoms with Crippen LogP contribution >= 0.6 is 11.8 Å². The number of hydrogen-bond donors (Lipinski definition) is 1. The van der Waals surface area contributed by atoms with Gasteiger partial charge in [-0.3, -0.25) is 14.4 Å². The lowest BCUT2D eigenvalue weighted by atomic mass is 9.82. The van der Waals surface area contributed by atoms with Crippen LogP contribution in [-0.2, 0) is 19.1 Å². The highest BCUT2D eigenvalue weighted by Gasteiger charge is 2.45. The summed E-state index contributed by atoms with van der Waals surface area (Å²) in [7, 11) is 0. The van der Waals surface area contributed by atoms with Gasteiger partial charge in [0.1, 0.15) is 6.04 Å². The van der Waals surface area contributed by atoms with E-state index in [-0.39, 0.29) is 18.0 Å². The molecule has 1 saturated heterocycles. The predicted molar refractivity (Wildman–Crippen MR) is 118 cm³/mol. The van der Waals surface area contributed by atoms with Gasteiger partial charge < -0.3 is 14.5 Å². The fourth-order valence-electron chi connectivity index (χ4n) is 4.24. The minimum absolute atomic E-state index is 0.0894. The summed E-state index contributed by atoms with van der Waals surface area (Å²) in [5, 5.41) is 4.50. The number of rotatable bonds is 10. The number of Topliss-reactive ketones (excluding diaryl/α,β-unsaturated/α-hetero) is 1. The molecule has 7 nitrogen and oxygen atoms in total. The van der Waals surface area contributed by atoms with E-state index in [1.54, 1.807) is 13.0 Å². The molecule has 1 aliphatic rings. The Morgan fingerprint density at radius 3 is 2.74 bits per heavy atom. The fourth-order valence-corrected chi connectivity index (χ4v) is 5.24. The van der Waals surface area contributed by atoms with E-state index < -0.39 is 28.6 Å². The average molecular weight is 446 g/mol. The Hall–Kier alpha value is -2.45. The first-order valence-electron chi connectivity index (χ1n) is 10.6. The van der Waals surface area contributed by atoms with Crippen molar-refractivity contribution in [3.8, 4) is 0 Å². The average Bonchev–Trinajstić information content (AvgIpc) is 3.44. The highest BCUT2D eigenvalue weighted by atomic mass is 32.2. The number of ether oxygens (including phenoxy) is 1. The van der Waals surface area contributed by atoms with E-state index in [1.165, 1.54) is 6.26 Å². The van der Waals surface area contributed by atoms with Crippen molar-refractivity contribution in [2.24, 2.45) is 5.92 Å². The third kappa shape index (κ3) is 4.91. The third-order valence-corrected chi connectivity index (χ3v) is 7.26. The molecular weight excluding hydrogens is 418 g/mol. The maximum atomic E-state index is 13.2. The number of furan rings is 1. The van der Waals surface area contributed by atoms with Gasteiger partial charge in [-0.2, -0.15) is 0 Å². The molecule has 0 radical (unpaired) electrons. The summed E-state index contributed by atoms with van der Waals surface area (Å²) >= 11 is 0.904. The Kier molecular flexibility index (Phi) is 7.67. The van der Waals surface area contributed by atoms with Crippen molar-refractivity contribution in [1.29, 1.82) is 0 Å². The van der Waals surface area contributed by atoms with Gasteiger partial charge in [-0.25, -0.2) is 4.79 Å². The van der Waals surface area contributed by atoms with Crippen molar-refractivity contribution in [3.63, 3.8) is 0 Å². The van der Waals surface area contributed by atoms with Crippen molar-refractivity contribution >= 4 is 45.9 Å². The molecule has 2 aromatic rings. The van der Waals surface area contributed by atoms with Crippen LogP contribution in [0.3, 0.4) is 0 Å². The van der Waals surface area contributed by atoms with Crippen LogP contribution in [0.15, 0.2) is 34.9 Å². The van der Waals surface area contributed by atoms with Crippen molar-refractivity contribution in [2.75, 3.05) is 6.54 Å². The molecule has 2 heterocycles. The van der Waals surface area contributed by atoms with Gasteiger partial charge in [0.2, 0.25) is 0 Å². The molecule has 166 valence electrons. The zero-order valence-electron chi connectivity index (χ0n) is 17.7. The van der Waals surface area contributed by atoms with Crippen LogP contribution in [0, 0.1) is 5.92 Å². The number of nitrogens with one attached hydrogen (secondary N) is 1. The second-order valence-electron chi connectivity index (χ2n) is 7.73. The van der Waals surface area contributed by atoms with Gasteiger partial charge in [-0.15, -0.1) is 0 Å². The van der Waals surface area contributed by atoms with Gasteiger partial charge in [-0.1, -0.05) is 49.9 Å². The molecule has 3 atom stereocenters. The standard InChI is InChI=1S/C23H27NO6S/c1-3-17(21(27)30-22(28)18-10-7-11-24-18)23(4-2,31-14-25)12-19(26)20-16-9-6-5-8-15(16)13-29-20/h5-6,8-9,13-14,17-18,24H,3-4,7,10-12H2,1-2H3/t17?,18-,23?/m0/s1. The van der Waals surface area contributed by atoms with Gasteiger partial charge >= 0.3 is 11.9 Å². The highest BCUT2D eigenvalue weighted by molar-refractivity contribution is 8.13. The van der Waals surface area contributed by atoms with Crippen molar-refractivity contribution in [3.05, 3.63) is 36.3 Å². The molecule has 0 aliphatic carbocycles. The van der Waals surface area contributed by atoms with Crippen LogP contribution in [-0.4, -0.2) is 40.7 Å². The number of esters is 2. The molecule has 3 rings (SSSR count).